The lowest BCUT2D eigenvalue weighted by Gasteiger charge is -2.11. The maximum absolute atomic E-state index is 13.6. The fraction of sp³-hybridized carbons (Fsp3) is 0.286. The highest BCUT2D eigenvalue weighted by Crippen LogP contribution is 2.18. The Labute approximate surface area is 127 Å². The molecule has 1 aromatic heterocycles. The third-order valence-corrected chi connectivity index (χ3v) is 3.05. The molecule has 2 rings (SSSR count). The summed E-state index contributed by atoms with van der Waals surface area (Å²) in [5.74, 6) is -0.634. The molecule has 0 spiro atoms. The minimum absolute atomic E-state index is 0.0155. The van der Waals surface area contributed by atoms with Crippen molar-refractivity contribution < 1.29 is 22.3 Å². The molecular formula is C14H12F4N2O3. The minimum atomic E-state index is -4.61. The van der Waals surface area contributed by atoms with E-state index < -0.39 is 29.7 Å². The highest BCUT2D eigenvalue weighted by molar-refractivity contribution is 5.29. The molecule has 0 unspecified atom stereocenters. The summed E-state index contributed by atoms with van der Waals surface area (Å²) in [6.07, 6.45) is -2.68. The Morgan fingerprint density at radius 2 is 1.70 bits per heavy atom. The van der Waals surface area contributed by atoms with Gasteiger partial charge in [-0.3, -0.25) is 9.59 Å². The van der Waals surface area contributed by atoms with Crippen LogP contribution in [-0.2, 0) is 13.1 Å². The average Bonchev–Trinajstić information content (AvgIpc) is 2.46. The molecule has 9 heteroatoms. The zero-order valence-electron chi connectivity index (χ0n) is 11.9. The zero-order valence-corrected chi connectivity index (χ0v) is 11.9. The van der Waals surface area contributed by atoms with Gasteiger partial charge in [-0.15, -0.1) is 0 Å². The largest absolute Gasteiger partial charge is 0.494 e. The molecule has 0 bridgehead atoms. The highest BCUT2D eigenvalue weighted by atomic mass is 19.4. The first kappa shape index (κ1) is 16.8. The van der Waals surface area contributed by atoms with Crippen molar-refractivity contribution in [1.29, 1.82) is 0 Å². The summed E-state index contributed by atoms with van der Waals surface area (Å²) in [4.78, 5) is 23.5. The molecule has 5 nitrogen and oxygen atoms in total. The Hall–Kier alpha value is -2.58. The Morgan fingerprint density at radius 3 is 2.26 bits per heavy atom. The molecule has 1 heterocycles. The summed E-state index contributed by atoms with van der Waals surface area (Å²) in [6, 6.07) is 3.95. The quantitative estimate of drug-likeness (QED) is 0.633. The van der Waals surface area contributed by atoms with Gasteiger partial charge in [0.2, 0.25) is 0 Å². The van der Waals surface area contributed by atoms with Gasteiger partial charge in [0.1, 0.15) is 6.54 Å². The molecule has 0 aliphatic rings. The molecule has 0 amide bonds. The van der Waals surface area contributed by atoms with Gasteiger partial charge in [-0.2, -0.15) is 13.2 Å². The van der Waals surface area contributed by atoms with E-state index in [9.17, 15) is 27.2 Å². The number of alkyl halides is 3. The normalized spacial score (nSPS) is 11.5. The molecule has 0 fully saturated rings. The van der Waals surface area contributed by atoms with Crippen LogP contribution in [0.15, 0.2) is 40.2 Å². The molecule has 23 heavy (non-hydrogen) atoms. The van der Waals surface area contributed by atoms with Crippen molar-refractivity contribution in [1.82, 2.24) is 9.13 Å². The van der Waals surface area contributed by atoms with Crippen LogP contribution >= 0.6 is 0 Å². The van der Waals surface area contributed by atoms with E-state index in [1.807, 2.05) is 0 Å². The van der Waals surface area contributed by atoms with E-state index in [1.165, 1.54) is 19.2 Å². The van der Waals surface area contributed by atoms with Gasteiger partial charge in [0.05, 0.1) is 13.7 Å². The fourth-order valence-electron chi connectivity index (χ4n) is 1.99. The van der Waals surface area contributed by atoms with Crippen LogP contribution in [0.4, 0.5) is 17.6 Å². The van der Waals surface area contributed by atoms with Gasteiger partial charge in [0, 0.05) is 12.4 Å². The summed E-state index contributed by atoms with van der Waals surface area (Å²) in [6.45, 7) is -1.69. The van der Waals surface area contributed by atoms with Crippen LogP contribution in [-0.4, -0.2) is 22.4 Å². The van der Waals surface area contributed by atoms with E-state index in [0.717, 1.165) is 23.0 Å². The lowest BCUT2D eigenvalue weighted by atomic mass is 10.2. The number of ether oxygens (including phenoxy) is 1. The van der Waals surface area contributed by atoms with Crippen molar-refractivity contribution >= 4 is 0 Å². The molecule has 0 N–H and O–H groups in total. The Morgan fingerprint density at radius 1 is 1.09 bits per heavy atom. The minimum Gasteiger partial charge on any atom is -0.494 e. The van der Waals surface area contributed by atoms with Crippen molar-refractivity contribution in [3.63, 3.8) is 0 Å². The third kappa shape index (κ3) is 3.99. The van der Waals surface area contributed by atoms with Crippen LogP contribution in [0.3, 0.4) is 0 Å². The first-order valence-electron chi connectivity index (χ1n) is 6.40. The summed E-state index contributed by atoms with van der Waals surface area (Å²) >= 11 is 0. The van der Waals surface area contributed by atoms with E-state index in [4.69, 9.17) is 4.74 Å². The van der Waals surface area contributed by atoms with Gasteiger partial charge < -0.3 is 13.9 Å². The Kier molecular flexibility index (Phi) is 4.57. The van der Waals surface area contributed by atoms with Gasteiger partial charge in [0.15, 0.2) is 11.6 Å². The predicted molar refractivity (Wildman–Crippen MR) is 73.1 cm³/mol. The van der Waals surface area contributed by atoms with Gasteiger partial charge >= 0.3 is 17.3 Å². The van der Waals surface area contributed by atoms with Crippen molar-refractivity contribution in [2.75, 3.05) is 7.11 Å². The number of rotatable bonds is 4. The van der Waals surface area contributed by atoms with E-state index >= 15 is 0 Å². The second kappa shape index (κ2) is 6.27. The number of halogens is 4. The van der Waals surface area contributed by atoms with Crippen molar-refractivity contribution in [3.8, 4) is 5.75 Å². The number of methoxy groups -OCH3 is 1. The summed E-state index contributed by atoms with van der Waals surface area (Å²) < 4.78 is 56.4. The molecule has 0 saturated carbocycles. The van der Waals surface area contributed by atoms with Crippen molar-refractivity contribution in [2.24, 2.45) is 0 Å². The molecule has 0 aliphatic heterocycles. The third-order valence-electron chi connectivity index (χ3n) is 3.05. The first-order chi connectivity index (χ1) is 10.7. The van der Waals surface area contributed by atoms with Crippen LogP contribution in [0.25, 0.3) is 0 Å². The van der Waals surface area contributed by atoms with Crippen LogP contribution in [0.2, 0.25) is 0 Å². The molecular weight excluding hydrogens is 320 g/mol. The number of nitrogens with zero attached hydrogens (tertiary/aromatic N) is 2. The van der Waals surface area contributed by atoms with E-state index in [-0.39, 0.29) is 16.9 Å². The second-order valence-electron chi connectivity index (χ2n) is 4.75. The standard InChI is InChI=1S/C14H12F4N2O3/c1-23-11-3-2-9(6-10(11)15)7-19-4-5-20(8-14(16,17)18)13(22)12(19)21/h2-6H,7-8H2,1H3. The smallest absolute Gasteiger partial charge is 0.406 e. The molecule has 0 aliphatic carbocycles. The number of hydrogen-bond donors (Lipinski definition) is 0. The predicted octanol–water partition coefficient (Wildman–Crippen LogP) is 1.77. The molecule has 0 radical (unpaired) electrons. The fourth-order valence-corrected chi connectivity index (χ4v) is 1.99. The first-order valence-corrected chi connectivity index (χ1v) is 6.40. The monoisotopic (exact) mass is 332 g/mol. The summed E-state index contributed by atoms with van der Waals surface area (Å²) in [5, 5.41) is 0. The Balaban J connectivity index is 2.32. The van der Waals surface area contributed by atoms with Crippen LogP contribution in [0.1, 0.15) is 5.56 Å². The number of hydrogen-bond acceptors (Lipinski definition) is 3. The highest BCUT2D eigenvalue weighted by Gasteiger charge is 2.28. The maximum atomic E-state index is 13.6. The maximum Gasteiger partial charge on any atom is 0.406 e. The molecule has 2 aromatic rings. The van der Waals surface area contributed by atoms with Crippen LogP contribution in [0.5, 0.6) is 5.75 Å². The lowest BCUT2D eigenvalue weighted by Crippen LogP contribution is -2.42. The molecule has 0 atom stereocenters. The number of aromatic nitrogens is 2. The molecule has 1 aromatic carbocycles. The zero-order chi connectivity index (χ0) is 17.2. The van der Waals surface area contributed by atoms with Crippen LogP contribution < -0.4 is 15.9 Å². The SMILES string of the molecule is COc1ccc(Cn2ccn(CC(F)(F)F)c(=O)c2=O)cc1F. The average molecular weight is 332 g/mol. The Bertz CT molecular complexity index is 824. The van der Waals surface area contributed by atoms with E-state index in [1.54, 1.807) is 0 Å². The topological polar surface area (TPSA) is 53.2 Å². The van der Waals surface area contributed by atoms with Crippen molar-refractivity contribution in [2.45, 2.75) is 19.3 Å². The summed E-state index contributed by atoms with van der Waals surface area (Å²) in [5.41, 5.74) is -2.05. The van der Waals surface area contributed by atoms with Gasteiger partial charge in [-0.25, -0.2) is 4.39 Å². The van der Waals surface area contributed by atoms with Gasteiger partial charge in [0.25, 0.3) is 0 Å². The molecule has 0 saturated heterocycles. The molecule has 124 valence electrons. The van der Waals surface area contributed by atoms with E-state index in [0.29, 0.717) is 5.56 Å². The van der Waals surface area contributed by atoms with E-state index in [2.05, 4.69) is 0 Å². The van der Waals surface area contributed by atoms with Crippen molar-refractivity contribution in [3.05, 3.63) is 62.7 Å². The van der Waals surface area contributed by atoms with Gasteiger partial charge in [-0.05, 0) is 17.7 Å². The van der Waals surface area contributed by atoms with Gasteiger partial charge in [-0.1, -0.05) is 6.07 Å². The second-order valence-corrected chi connectivity index (χ2v) is 4.75. The number of benzene rings is 1. The van der Waals surface area contributed by atoms with Crippen LogP contribution in [0, 0.1) is 5.82 Å². The summed E-state index contributed by atoms with van der Waals surface area (Å²) in [7, 11) is 1.29. The lowest BCUT2D eigenvalue weighted by molar-refractivity contribution is -0.141.